The molecule has 7 heteroatoms. The molecule has 5 nitrogen and oxygen atoms in total. The minimum Gasteiger partial charge on any atom is -0.457 e. The maximum atomic E-state index is 5.88. The lowest BCUT2D eigenvalue weighted by atomic mass is 10.3. The van der Waals surface area contributed by atoms with Gasteiger partial charge in [0.2, 0.25) is 0 Å². The summed E-state index contributed by atoms with van der Waals surface area (Å²) in [5.41, 5.74) is 0.998. The molecule has 0 bridgehead atoms. The van der Waals surface area contributed by atoms with E-state index in [0.29, 0.717) is 19.0 Å². The fraction of sp³-hybridized carbons (Fsp3) is 0.176. The van der Waals surface area contributed by atoms with Crippen molar-refractivity contribution in [2.45, 2.75) is 6.54 Å². The van der Waals surface area contributed by atoms with Crippen LogP contribution in [-0.4, -0.2) is 24.5 Å². The van der Waals surface area contributed by atoms with E-state index in [4.69, 9.17) is 4.42 Å². The number of halogens is 1. The predicted octanol–water partition coefficient (Wildman–Crippen LogP) is 4.03. The van der Waals surface area contributed by atoms with Gasteiger partial charge in [-0.3, -0.25) is 4.99 Å². The second kappa shape index (κ2) is 8.84. The average molecular weight is 454 g/mol. The molecule has 2 N–H and O–H groups in total. The lowest BCUT2D eigenvalue weighted by molar-refractivity contribution is 0.514. The van der Waals surface area contributed by atoms with Gasteiger partial charge in [-0.1, -0.05) is 18.2 Å². The van der Waals surface area contributed by atoms with Crippen molar-refractivity contribution in [2.75, 3.05) is 13.6 Å². The maximum Gasteiger partial charge on any atom is 0.191 e. The van der Waals surface area contributed by atoms with Crippen LogP contribution in [0, 0.1) is 0 Å². The molecule has 2 aromatic heterocycles. The molecule has 1 aromatic carbocycles. The topological polar surface area (TPSA) is 62.5 Å². The molecule has 0 aliphatic carbocycles. The molecule has 0 fully saturated rings. The number of benzene rings is 1. The largest absolute Gasteiger partial charge is 0.457 e. The second-order valence-electron chi connectivity index (χ2n) is 4.85. The van der Waals surface area contributed by atoms with Crippen molar-refractivity contribution in [2.24, 2.45) is 4.99 Å². The van der Waals surface area contributed by atoms with E-state index in [9.17, 15) is 0 Å². The van der Waals surface area contributed by atoms with Gasteiger partial charge in [0.05, 0.1) is 16.8 Å². The zero-order valence-corrected chi connectivity index (χ0v) is 16.4. The summed E-state index contributed by atoms with van der Waals surface area (Å²) in [6.07, 6.45) is 1.78. The van der Waals surface area contributed by atoms with E-state index in [1.165, 1.54) is 0 Å². The van der Waals surface area contributed by atoms with Crippen molar-refractivity contribution in [3.8, 4) is 10.8 Å². The summed E-state index contributed by atoms with van der Waals surface area (Å²) >= 11 is 1.63. The van der Waals surface area contributed by atoms with Crippen LogP contribution in [0.25, 0.3) is 21.0 Å². The molecule has 2 heterocycles. The number of hydrogen-bond acceptors (Lipinski definition) is 4. The number of thiazole rings is 1. The highest BCUT2D eigenvalue weighted by Crippen LogP contribution is 2.30. The van der Waals surface area contributed by atoms with Crippen LogP contribution < -0.4 is 10.6 Å². The van der Waals surface area contributed by atoms with E-state index in [2.05, 4.69) is 33.3 Å². The molecular weight excluding hydrogens is 435 g/mol. The quantitative estimate of drug-likeness (QED) is 0.265. The first-order valence-electron chi connectivity index (χ1n) is 7.30. The Morgan fingerprint density at radius 1 is 1.29 bits per heavy atom. The Bertz CT molecular complexity index is 807. The number of rotatable bonds is 5. The average Bonchev–Trinajstić information content (AvgIpc) is 3.21. The number of fused-ring (bicyclic) bond motifs is 1. The van der Waals surface area contributed by atoms with E-state index >= 15 is 0 Å². The number of nitrogens with zero attached hydrogens (tertiary/aromatic N) is 2. The number of guanidine groups is 1. The minimum atomic E-state index is 0. The van der Waals surface area contributed by atoms with Gasteiger partial charge >= 0.3 is 0 Å². The number of nitrogens with one attached hydrogen (secondary N) is 2. The van der Waals surface area contributed by atoms with Crippen LogP contribution in [0.2, 0.25) is 0 Å². The fourth-order valence-electron chi connectivity index (χ4n) is 2.13. The second-order valence-corrected chi connectivity index (χ2v) is 5.88. The summed E-state index contributed by atoms with van der Waals surface area (Å²) in [4.78, 5) is 8.73. The first kappa shape index (κ1) is 18.5. The van der Waals surface area contributed by atoms with Crippen LogP contribution >= 0.6 is 35.3 Å². The molecule has 0 amide bonds. The van der Waals surface area contributed by atoms with Crippen LogP contribution in [0.4, 0.5) is 0 Å². The molecular formula is C17H19IN4OS. The van der Waals surface area contributed by atoms with Crippen molar-refractivity contribution in [3.63, 3.8) is 0 Å². The zero-order valence-electron chi connectivity index (χ0n) is 13.3. The van der Waals surface area contributed by atoms with Crippen molar-refractivity contribution in [1.82, 2.24) is 15.6 Å². The third-order valence-corrected chi connectivity index (χ3v) is 4.28. The number of aromatic nitrogens is 1. The molecule has 0 aliphatic heterocycles. The molecule has 0 saturated heterocycles. The van der Waals surface area contributed by atoms with E-state index < -0.39 is 0 Å². The molecule has 3 aromatic rings. The van der Waals surface area contributed by atoms with Crippen molar-refractivity contribution in [3.05, 3.63) is 54.8 Å². The Labute approximate surface area is 161 Å². The van der Waals surface area contributed by atoms with E-state index in [0.717, 1.165) is 26.7 Å². The first-order valence-corrected chi connectivity index (χ1v) is 8.12. The van der Waals surface area contributed by atoms with Gasteiger partial charge < -0.3 is 15.1 Å². The standard InChI is InChI=1S/C17H18N4OS.HI/c1-3-10-19-17(18-2)20-11-12-8-9-14(22-12)16-21-13-6-4-5-7-15(13)23-16;/h3-9H,1,10-11H2,2H3,(H2,18,19,20);1H. The Hall–Kier alpha value is -1.87. The minimum absolute atomic E-state index is 0. The van der Waals surface area contributed by atoms with Gasteiger partial charge in [-0.15, -0.1) is 41.9 Å². The molecule has 0 unspecified atom stereocenters. The third-order valence-electron chi connectivity index (χ3n) is 3.23. The third kappa shape index (κ3) is 4.35. The van der Waals surface area contributed by atoms with Crippen molar-refractivity contribution in [1.29, 1.82) is 0 Å². The van der Waals surface area contributed by atoms with Crippen LogP contribution in [0.5, 0.6) is 0 Å². The first-order chi connectivity index (χ1) is 11.3. The van der Waals surface area contributed by atoms with E-state index in [-0.39, 0.29) is 24.0 Å². The molecule has 0 radical (unpaired) electrons. The maximum absolute atomic E-state index is 5.88. The van der Waals surface area contributed by atoms with Gasteiger partial charge in [0, 0.05) is 13.6 Å². The highest BCUT2D eigenvalue weighted by atomic mass is 127. The van der Waals surface area contributed by atoms with Gasteiger partial charge in [-0.05, 0) is 24.3 Å². The lowest BCUT2D eigenvalue weighted by Gasteiger charge is -2.08. The molecule has 3 rings (SSSR count). The van der Waals surface area contributed by atoms with Gasteiger partial charge in [0.1, 0.15) is 5.76 Å². The normalized spacial score (nSPS) is 11.1. The van der Waals surface area contributed by atoms with Gasteiger partial charge in [-0.2, -0.15) is 0 Å². The van der Waals surface area contributed by atoms with Crippen molar-refractivity contribution >= 4 is 51.5 Å². The smallest absolute Gasteiger partial charge is 0.191 e. The number of hydrogen-bond donors (Lipinski definition) is 2. The van der Waals surface area contributed by atoms with Crippen LogP contribution in [0.3, 0.4) is 0 Å². The van der Waals surface area contributed by atoms with Crippen LogP contribution in [0.15, 0.2) is 58.5 Å². The highest BCUT2D eigenvalue weighted by Gasteiger charge is 2.10. The summed E-state index contributed by atoms with van der Waals surface area (Å²) < 4.78 is 7.04. The Balaban J connectivity index is 0.00000208. The van der Waals surface area contributed by atoms with E-state index in [1.807, 2.05) is 30.3 Å². The molecule has 24 heavy (non-hydrogen) atoms. The predicted molar refractivity (Wildman–Crippen MR) is 111 cm³/mol. The summed E-state index contributed by atoms with van der Waals surface area (Å²) in [6.45, 7) is 4.89. The molecule has 0 spiro atoms. The number of furan rings is 1. The summed E-state index contributed by atoms with van der Waals surface area (Å²) in [5.74, 6) is 2.33. The molecule has 0 atom stereocenters. The molecule has 126 valence electrons. The molecule has 0 aliphatic rings. The highest BCUT2D eigenvalue weighted by molar-refractivity contribution is 14.0. The molecule has 0 saturated carbocycles. The summed E-state index contributed by atoms with van der Waals surface area (Å²) in [7, 11) is 1.73. The Kier molecular flexibility index (Phi) is 6.80. The van der Waals surface area contributed by atoms with Crippen LogP contribution in [-0.2, 0) is 6.54 Å². The van der Waals surface area contributed by atoms with Crippen molar-refractivity contribution < 1.29 is 4.42 Å². The monoisotopic (exact) mass is 454 g/mol. The van der Waals surface area contributed by atoms with Gasteiger partial charge in [0.25, 0.3) is 0 Å². The summed E-state index contributed by atoms with van der Waals surface area (Å²) in [5, 5.41) is 7.20. The Morgan fingerprint density at radius 2 is 2.12 bits per heavy atom. The summed E-state index contributed by atoms with van der Waals surface area (Å²) in [6, 6.07) is 12.0. The van der Waals surface area contributed by atoms with Gasteiger partial charge in [0.15, 0.2) is 16.7 Å². The van der Waals surface area contributed by atoms with Crippen LogP contribution in [0.1, 0.15) is 5.76 Å². The number of aliphatic imine (C=N–C) groups is 1. The fourth-order valence-corrected chi connectivity index (χ4v) is 3.05. The number of para-hydroxylation sites is 1. The SMILES string of the molecule is C=CCNC(=NC)NCc1ccc(-c2nc3ccccc3s2)o1.I. The lowest BCUT2D eigenvalue weighted by Crippen LogP contribution is -2.36. The van der Waals surface area contributed by atoms with Gasteiger partial charge in [-0.25, -0.2) is 4.98 Å². The zero-order chi connectivity index (χ0) is 16.1. The van der Waals surface area contributed by atoms with E-state index in [1.54, 1.807) is 24.5 Å². The Morgan fingerprint density at radius 3 is 2.88 bits per heavy atom.